The smallest absolute Gasteiger partial charge is 0.252 e. The standard InChI is InChI=1S/C15H24N4O2/c1-6-17-12-8-10(7-11(19-12)15(3,4)5)14(21)18-9(2)13(16)20/h7-9H,6H2,1-5H3,(H2,16,20)(H,17,19)(H,18,21). The van der Waals surface area contributed by atoms with Crippen LogP contribution >= 0.6 is 0 Å². The number of pyridine rings is 1. The second-order valence-electron chi connectivity index (χ2n) is 6.00. The molecule has 0 spiro atoms. The summed E-state index contributed by atoms with van der Waals surface area (Å²) in [7, 11) is 0. The first-order chi connectivity index (χ1) is 9.65. The van der Waals surface area contributed by atoms with Crippen molar-refractivity contribution >= 4 is 17.6 Å². The van der Waals surface area contributed by atoms with E-state index in [0.717, 1.165) is 5.69 Å². The molecule has 0 aliphatic heterocycles. The van der Waals surface area contributed by atoms with Gasteiger partial charge in [-0.05, 0) is 26.0 Å². The average molecular weight is 292 g/mol. The van der Waals surface area contributed by atoms with Gasteiger partial charge in [0.2, 0.25) is 5.91 Å². The molecule has 0 saturated carbocycles. The number of nitrogens with zero attached hydrogens (tertiary/aromatic N) is 1. The lowest BCUT2D eigenvalue weighted by Gasteiger charge is -2.20. The molecule has 6 nitrogen and oxygen atoms in total. The highest BCUT2D eigenvalue weighted by Gasteiger charge is 2.20. The molecule has 0 saturated heterocycles. The predicted molar refractivity (Wildman–Crippen MR) is 83.2 cm³/mol. The SMILES string of the molecule is CCNc1cc(C(=O)NC(C)C(N)=O)cc(C(C)(C)C)n1. The van der Waals surface area contributed by atoms with Crippen LogP contribution in [-0.2, 0) is 10.2 Å². The zero-order valence-electron chi connectivity index (χ0n) is 13.3. The first kappa shape index (κ1) is 16.9. The van der Waals surface area contributed by atoms with E-state index in [0.29, 0.717) is 17.9 Å². The minimum atomic E-state index is -0.716. The number of rotatable bonds is 5. The molecule has 4 N–H and O–H groups in total. The van der Waals surface area contributed by atoms with Gasteiger partial charge in [-0.3, -0.25) is 9.59 Å². The molecule has 0 bridgehead atoms. The van der Waals surface area contributed by atoms with Gasteiger partial charge in [0.05, 0.1) is 0 Å². The van der Waals surface area contributed by atoms with Crippen LogP contribution in [-0.4, -0.2) is 29.4 Å². The highest BCUT2D eigenvalue weighted by atomic mass is 16.2. The first-order valence-electron chi connectivity index (χ1n) is 7.01. The lowest BCUT2D eigenvalue weighted by atomic mass is 9.90. The summed E-state index contributed by atoms with van der Waals surface area (Å²) >= 11 is 0. The Balaban J connectivity index is 3.13. The largest absolute Gasteiger partial charge is 0.370 e. The van der Waals surface area contributed by atoms with Crippen LogP contribution in [0.4, 0.5) is 5.82 Å². The molecule has 116 valence electrons. The van der Waals surface area contributed by atoms with Crippen LogP contribution in [0.25, 0.3) is 0 Å². The van der Waals surface area contributed by atoms with Gasteiger partial charge in [-0.15, -0.1) is 0 Å². The van der Waals surface area contributed by atoms with Gasteiger partial charge in [0.1, 0.15) is 11.9 Å². The second-order valence-corrected chi connectivity index (χ2v) is 6.00. The summed E-state index contributed by atoms with van der Waals surface area (Å²) < 4.78 is 0. The van der Waals surface area contributed by atoms with E-state index in [4.69, 9.17) is 5.73 Å². The number of hydrogen-bond donors (Lipinski definition) is 3. The number of nitrogens with two attached hydrogens (primary N) is 1. The van der Waals surface area contributed by atoms with E-state index in [-0.39, 0.29) is 11.3 Å². The number of hydrogen-bond acceptors (Lipinski definition) is 4. The highest BCUT2D eigenvalue weighted by Crippen LogP contribution is 2.23. The number of amides is 2. The Bertz CT molecular complexity index is 535. The second kappa shape index (κ2) is 6.56. The lowest BCUT2D eigenvalue weighted by molar-refractivity contribution is -0.119. The van der Waals surface area contributed by atoms with E-state index in [1.54, 1.807) is 19.1 Å². The van der Waals surface area contributed by atoms with Crippen molar-refractivity contribution < 1.29 is 9.59 Å². The summed E-state index contributed by atoms with van der Waals surface area (Å²) in [5.41, 5.74) is 6.24. The van der Waals surface area contributed by atoms with E-state index in [9.17, 15) is 9.59 Å². The zero-order chi connectivity index (χ0) is 16.2. The van der Waals surface area contributed by atoms with Gasteiger partial charge in [0.15, 0.2) is 0 Å². The fraction of sp³-hybridized carbons (Fsp3) is 0.533. The van der Waals surface area contributed by atoms with Crippen molar-refractivity contribution in [1.82, 2.24) is 10.3 Å². The number of nitrogens with one attached hydrogen (secondary N) is 2. The van der Waals surface area contributed by atoms with Crippen LogP contribution in [0.1, 0.15) is 50.7 Å². The monoisotopic (exact) mass is 292 g/mol. The van der Waals surface area contributed by atoms with Crippen molar-refractivity contribution in [2.24, 2.45) is 5.73 Å². The molecule has 0 aliphatic carbocycles. The number of carbonyl (C=O) groups excluding carboxylic acids is 2. The van der Waals surface area contributed by atoms with Gasteiger partial charge in [-0.1, -0.05) is 20.8 Å². The van der Waals surface area contributed by atoms with Gasteiger partial charge in [-0.2, -0.15) is 0 Å². The number of aromatic nitrogens is 1. The Morgan fingerprint density at radius 1 is 1.33 bits per heavy atom. The molecule has 1 heterocycles. The van der Waals surface area contributed by atoms with Crippen LogP contribution in [0, 0.1) is 0 Å². The van der Waals surface area contributed by atoms with E-state index in [2.05, 4.69) is 15.6 Å². The Morgan fingerprint density at radius 3 is 2.43 bits per heavy atom. The number of primary amides is 1. The molecule has 2 amide bonds. The molecule has 0 aliphatic rings. The average Bonchev–Trinajstić information content (AvgIpc) is 2.37. The van der Waals surface area contributed by atoms with Crippen molar-refractivity contribution in [1.29, 1.82) is 0 Å². The summed E-state index contributed by atoms with van der Waals surface area (Å²) in [6.45, 7) is 10.3. The molecule has 6 heteroatoms. The summed E-state index contributed by atoms with van der Waals surface area (Å²) in [5.74, 6) is -0.268. The molecule has 1 rings (SSSR count). The molecular weight excluding hydrogens is 268 g/mol. The Hall–Kier alpha value is -2.11. The van der Waals surface area contributed by atoms with E-state index in [1.165, 1.54) is 0 Å². The summed E-state index contributed by atoms with van der Waals surface area (Å²) in [6, 6.07) is 2.69. The predicted octanol–water partition coefficient (Wildman–Crippen LogP) is 1.41. The van der Waals surface area contributed by atoms with Gasteiger partial charge < -0.3 is 16.4 Å². The van der Waals surface area contributed by atoms with Crippen molar-refractivity contribution in [3.63, 3.8) is 0 Å². The van der Waals surface area contributed by atoms with Gasteiger partial charge in [0.25, 0.3) is 5.91 Å². The van der Waals surface area contributed by atoms with Crippen LogP contribution in [0.5, 0.6) is 0 Å². The minimum Gasteiger partial charge on any atom is -0.370 e. The summed E-state index contributed by atoms with van der Waals surface area (Å²) in [4.78, 5) is 27.8. The van der Waals surface area contributed by atoms with Crippen LogP contribution in [0.3, 0.4) is 0 Å². The normalized spacial score (nSPS) is 12.6. The van der Waals surface area contributed by atoms with Gasteiger partial charge in [0, 0.05) is 23.2 Å². The van der Waals surface area contributed by atoms with Crippen molar-refractivity contribution in [2.75, 3.05) is 11.9 Å². The topological polar surface area (TPSA) is 97.1 Å². The molecule has 21 heavy (non-hydrogen) atoms. The van der Waals surface area contributed by atoms with E-state index < -0.39 is 11.9 Å². The molecule has 1 atom stereocenters. The van der Waals surface area contributed by atoms with Gasteiger partial charge >= 0.3 is 0 Å². The van der Waals surface area contributed by atoms with Crippen LogP contribution in [0.2, 0.25) is 0 Å². The zero-order valence-corrected chi connectivity index (χ0v) is 13.3. The third-order valence-electron chi connectivity index (χ3n) is 2.99. The third kappa shape index (κ3) is 4.73. The fourth-order valence-corrected chi connectivity index (χ4v) is 1.67. The maximum absolute atomic E-state index is 12.2. The van der Waals surface area contributed by atoms with E-state index >= 15 is 0 Å². The molecule has 1 aromatic heterocycles. The first-order valence-corrected chi connectivity index (χ1v) is 7.01. The van der Waals surface area contributed by atoms with Crippen molar-refractivity contribution in [3.05, 3.63) is 23.4 Å². The highest BCUT2D eigenvalue weighted by molar-refractivity contribution is 5.97. The molecule has 1 unspecified atom stereocenters. The Morgan fingerprint density at radius 2 is 1.95 bits per heavy atom. The maximum Gasteiger partial charge on any atom is 0.252 e. The minimum absolute atomic E-state index is 0.185. The Kier molecular flexibility index (Phi) is 5.29. The summed E-state index contributed by atoms with van der Waals surface area (Å²) in [6.07, 6.45) is 0. The van der Waals surface area contributed by atoms with Crippen molar-refractivity contribution in [3.8, 4) is 0 Å². The fourth-order valence-electron chi connectivity index (χ4n) is 1.67. The van der Waals surface area contributed by atoms with E-state index in [1.807, 2.05) is 27.7 Å². The molecular formula is C15H24N4O2. The molecule has 1 aromatic rings. The van der Waals surface area contributed by atoms with Crippen molar-refractivity contribution in [2.45, 2.75) is 46.1 Å². The molecule has 0 fully saturated rings. The maximum atomic E-state index is 12.2. The van der Waals surface area contributed by atoms with Crippen LogP contribution < -0.4 is 16.4 Å². The van der Waals surface area contributed by atoms with Gasteiger partial charge in [-0.25, -0.2) is 4.98 Å². The molecule has 0 radical (unpaired) electrons. The lowest BCUT2D eigenvalue weighted by Crippen LogP contribution is -2.42. The van der Waals surface area contributed by atoms with Crippen LogP contribution in [0.15, 0.2) is 12.1 Å². The Labute approximate surface area is 125 Å². The summed E-state index contributed by atoms with van der Waals surface area (Å²) in [5, 5.41) is 5.68. The quantitative estimate of drug-likeness (QED) is 0.764. The molecule has 0 aromatic carbocycles. The number of carbonyl (C=O) groups is 2. The third-order valence-corrected chi connectivity index (χ3v) is 2.99. The number of anilines is 1.